The largest absolute Gasteiger partial charge is 0.348 e. The fraction of sp³-hybridized carbons (Fsp3) is 0.222. The SMILES string of the molecule is CC1c2ccc(C(=O)NCc3c(F)cc(F)cc3F)cc2N(Cc2c(F)cccc2NC(=O)CN)C(=O)N1C.Cl.Cl. The van der Waals surface area contributed by atoms with Gasteiger partial charge >= 0.3 is 6.03 Å². The number of fused-ring (bicyclic) bond motifs is 1. The quantitative estimate of drug-likeness (QED) is 0.323. The molecule has 8 nitrogen and oxygen atoms in total. The highest BCUT2D eigenvalue weighted by molar-refractivity contribution is 6.00. The lowest BCUT2D eigenvalue weighted by Gasteiger charge is -2.40. The average molecular weight is 616 g/mol. The number of nitrogens with two attached hydrogens (primary N) is 1. The van der Waals surface area contributed by atoms with Crippen molar-refractivity contribution in [1.29, 1.82) is 0 Å². The Morgan fingerprint density at radius 1 is 0.951 bits per heavy atom. The third kappa shape index (κ3) is 6.89. The summed E-state index contributed by atoms with van der Waals surface area (Å²) in [6.45, 7) is 0.623. The van der Waals surface area contributed by atoms with Crippen LogP contribution < -0.4 is 21.3 Å². The van der Waals surface area contributed by atoms with E-state index in [9.17, 15) is 31.9 Å². The average Bonchev–Trinajstić information content (AvgIpc) is 2.90. The predicted molar refractivity (Wildman–Crippen MR) is 150 cm³/mol. The Balaban J connectivity index is 0.00000294. The molecule has 0 saturated carbocycles. The Kier molecular flexibility index (Phi) is 11.1. The summed E-state index contributed by atoms with van der Waals surface area (Å²) in [6.07, 6.45) is 0. The Bertz CT molecular complexity index is 1450. The van der Waals surface area contributed by atoms with Crippen molar-refractivity contribution in [3.05, 3.63) is 94.1 Å². The van der Waals surface area contributed by atoms with Gasteiger partial charge in [0.05, 0.1) is 24.8 Å². The van der Waals surface area contributed by atoms with Crippen molar-refractivity contribution in [2.24, 2.45) is 5.73 Å². The van der Waals surface area contributed by atoms with E-state index in [-0.39, 0.29) is 60.8 Å². The van der Waals surface area contributed by atoms with Crippen LogP contribution in [0.15, 0.2) is 48.5 Å². The molecule has 3 aromatic carbocycles. The lowest BCUT2D eigenvalue weighted by Crippen LogP contribution is -2.47. The van der Waals surface area contributed by atoms with Crippen molar-refractivity contribution in [3.8, 4) is 0 Å². The smallest absolute Gasteiger partial charge is 0.325 e. The van der Waals surface area contributed by atoms with Crippen LogP contribution in [-0.2, 0) is 17.9 Å². The molecule has 1 heterocycles. The predicted octanol–water partition coefficient (Wildman–Crippen LogP) is 5.05. The highest BCUT2D eigenvalue weighted by Gasteiger charge is 2.34. The molecule has 4 N–H and O–H groups in total. The van der Waals surface area contributed by atoms with Crippen LogP contribution in [-0.4, -0.2) is 36.3 Å². The summed E-state index contributed by atoms with van der Waals surface area (Å²) in [6, 6.07) is 8.75. The molecule has 0 bridgehead atoms. The minimum Gasteiger partial charge on any atom is -0.348 e. The Morgan fingerprint density at radius 3 is 2.24 bits per heavy atom. The summed E-state index contributed by atoms with van der Waals surface area (Å²) in [5.41, 5.74) is 6.06. The lowest BCUT2D eigenvalue weighted by atomic mass is 9.98. The molecule has 0 saturated heterocycles. The fourth-order valence-corrected chi connectivity index (χ4v) is 4.30. The van der Waals surface area contributed by atoms with Gasteiger partial charge in [0, 0.05) is 48.1 Å². The van der Waals surface area contributed by atoms with Crippen LogP contribution in [0.5, 0.6) is 0 Å². The molecule has 14 heteroatoms. The summed E-state index contributed by atoms with van der Waals surface area (Å²) >= 11 is 0. The Labute approximate surface area is 245 Å². The molecule has 220 valence electrons. The number of benzene rings is 3. The molecule has 1 unspecified atom stereocenters. The molecule has 0 aromatic heterocycles. The van der Waals surface area contributed by atoms with Gasteiger partial charge < -0.3 is 21.3 Å². The van der Waals surface area contributed by atoms with Gasteiger partial charge in [-0.3, -0.25) is 14.5 Å². The fourth-order valence-electron chi connectivity index (χ4n) is 4.30. The van der Waals surface area contributed by atoms with Gasteiger partial charge in [0.25, 0.3) is 5.91 Å². The van der Waals surface area contributed by atoms with Crippen molar-refractivity contribution in [2.45, 2.75) is 26.1 Å². The van der Waals surface area contributed by atoms with Crippen LogP contribution in [0.25, 0.3) is 0 Å². The number of anilines is 2. The van der Waals surface area contributed by atoms with Crippen molar-refractivity contribution in [2.75, 3.05) is 23.8 Å². The van der Waals surface area contributed by atoms with Gasteiger partial charge in [-0.05, 0) is 36.8 Å². The molecule has 1 atom stereocenters. The lowest BCUT2D eigenvalue weighted by molar-refractivity contribution is -0.114. The highest BCUT2D eigenvalue weighted by Crippen LogP contribution is 2.38. The molecule has 0 spiro atoms. The van der Waals surface area contributed by atoms with Gasteiger partial charge in [0.1, 0.15) is 23.3 Å². The molecule has 1 aliphatic rings. The normalized spacial score (nSPS) is 14.0. The van der Waals surface area contributed by atoms with Gasteiger partial charge in [-0.1, -0.05) is 12.1 Å². The second kappa shape index (κ2) is 13.7. The number of nitrogens with zero attached hydrogens (tertiary/aromatic N) is 2. The summed E-state index contributed by atoms with van der Waals surface area (Å²) in [5, 5.41) is 4.91. The van der Waals surface area contributed by atoms with Gasteiger partial charge in [-0.15, -0.1) is 24.8 Å². The van der Waals surface area contributed by atoms with E-state index in [1.54, 1.807) is 20.0 Å². The second-order valence-corrected chi connectivity index (χ2v) is 8.98. The molecule has 4 amide bonds. The van der Waals surface area contributed by atoms with Crippen LogP contribution >= 0.6 is 24.8 Å². The van der Waals surface area contributed by atoms with Crippen LogP contribution in [0.1, 0.15) is 40.0 Å². The van der Waals surface area contributed by atoms with Crippen LogP contribution in [0.2, 0.25) is 0 Å². The number of rotatable bonds is 7. The highest BCUT2D eigenvalue weighted by atomic mass is 35.5. The van der Waals surface area contributed by atoms with Crippen LogP contribution in [0, 0.1) is 23.3 Å². The third-order valence-corrected chi connectivity index (χ3v) is 6.57. The second-order valence-electron chi connectivity index (χ2n) is 8.98. The number of hydrogen-bond acceptors (Lipinski definition) is 4. The molecule has 0 fully saturated rings. The zero-order valence-electron chi connectivity index (χ0n) is 21.8. The van der Waals surface area contributed by atoms with E-state index in [0.717, 1.165) is 0 Å². The summed E-state index contributed by atoms with van der Waals surface area (Å²) < 4.78 is 56.1. The number of halogens is 6. The van der Waals surface area contributed by atoms with Gasteiger partial charge in [0.2, 0.25) is 5.91 Å². The van der Waals surface area contributed by atoms with Crippen molar-refractivity contribution in [1.82, 2.24) is 10.2 Å². The van der Waals surface area contributed by atoms with E-state index in [2.05, 4.69) is 10.6 Å². The number of hydrogen-bond donors (Lipinski definition) is 3. The van der Waals surface area contributed by atoms with Gasteiger partial charge in [-0.2, -0.15) is 0 Å². The maximum absolute atomic E-state index is 14.9. The first kappa shape index (κ1) is 33.3. The van der Waals surface area contributed by atoms with E-state index in [0.29, 0.717) is 23.4 Å². The van der Waals surface area contributed by atoms with Gasteiger partial charge in [-0.25, -0.2) is 22.4 Å². The molecule has 0 radical (unpaired) electrons. The molecule has 41 heavy (non-hydrogen) atoms. The van der Waals surface area contributed by atoms with Crippen molar-refractivity contribution >= 4 is 54.0 Å². The first-order valence-electron chi connectivity index (χ1n) is 11.9. The first-order valence-corrected chi connectivity index (χ1v) is 11.9. The van der Waals surface area contributed by atoms with E-state index < -0.39 is 53.2 Å². The molecular weight excluding hydrogens is 589 g/mol. The number of nitrogens with one attached hydrogen (secondary N) is 2. The molecule has 3 aromatic rings. The summed E-state index contributed by atoms with van der Waals surface area (Å²) in [5.74, 6) is -5.30. The summed E-state index contributed by atoms with van der Waals surface area (Å²) in [4.78, 5) is 40.8. The van der Waals surface area contributed by atoms with Crippen molar-refractivity contribution in [3.63, 3.8) is 0 Å². The third-order valence-electron chi connectivity index (χ3n) is 6.57. The number of carbonyl (C=O) groups is 3. The topological polar surface area (TPSA) is 108 Å². The van der Waals surface area contributed by atoms with E-state index in [4.69, 9.17) is 5.73 Å². The van der Waals surface area contributed by atoms with E-state index in [1.807, 2.05) is 0 Å². The van der Waals surface area contributed by atoms with E-state index >= 15 is 0 Å². The Hall–Kier alpha value is -3.87. The summed E-state index contributed by atoms with van der Waals surface area (Å²) in [7, 11) is 1.58. The number of amides is 4. The monoisotopic (exact) mass is 615 g/mol. The standard InChI is InChI=1S/C27H25F4N5O3.2ClH/c1-14-17-7-6-15(26(38)33-12-18-21(30)9-16(28)10-22(18)31)8-24(17)36(27(39)35(14)2)13-19-20(29)4-3-5-23(19)34-25(37)11-32;;/h3-10,14H,11-13,32H2,1-2H3,(H,33,38)(H,34,37);2*1H. The molecular formula is C27H27Cl2F4N5O3. The maximum atomic E-state index is 14.9. The molecule has 0 aliphatic carbocycles. The molecule has 4 rings (SSSR count). The van der Waals surface area contributed by atoms with Gasteiger partial charge in [0.15, 0.2) is 0 Å². The minimum atomic E-state index is -1.14. The van der Waals surface area contributed by atoms with Crippen LogP contribution in [0.4, 0.5) is 33.7 Å². The van der Waals surface area contributed by atoms with Crippen LogP contribution in [0.3, 0.4) is 0 Å². The maximum Gasteiger partial charge on any atom is 0.325 e. The molecule has 1 aliphatic heterocycles. The number of carbonyl (C=O) groups excluding carboxylic acids is 3. The zero-order chi connectivity index (χ0) is 28.4. The Morgan fingerprint density at radius 2 is 1.61 bits per heavy atom. The minimum absolute atomic E-state index is 0. The number of urea groups is 1. The zero-order valence-corrected chi connectivity index (χ0v) is 23.5. The van der Waals surface area contributed by atoms with E-state index in [1.165, 1.54) is 40.1 Å². The first-order chi connectivity index (χ1) is 18.5. The van der Waals surface area contributed by atoms with Crippen molar-refractivity contribution < 1.29 is 31.9 Å².